The number of hydrogen-bond donors (Lipinski definition) is 2. The van der Waals surface area contributed by atoms with Gasteiger partial charge in [-0.3, -0.25) is 4.79 Å². The monoisotopic (exact) mass is 361 g/mol. The number of rotatable bonds is 2. The highest BCUT2D eigenvalue weighted by Gasteiger charge is 2.36. The molecule has 0 aliphatic carbocycles. The van der Waals surface area contributed by atoms with Crippen molar-refractivity contribution in [2.75, 3.05) is 18.1 Å². The second-order valence-corrected chi connectivity index (χ2v) is 7.39. The number of carbonyl (C=O) groups excluding carboxylic acids is 1. The highest BCUT2D eigenvalue weighted by Crippen LogP contribution is 2.46. The Balaban J connectivity index is 1.80. The lowest BCUT2D eigenvalue weighted by molar-refractivity contribution is -0.124. The number of nitrogens with one attached hydrogen (secondary N) is 1. The highest BCUT2D eigenvalue weighted by molar-refractivity contribution is 5.77. The van der Waals surface area contributed by atoms with Gasteiger partial charge in [0.2, 0.25) is 5.91 Å². The number of fused-ring (bicyclic) bond motifs is 5. The van der Waals surface area contributed by atoms with Crippen molar-refractivity contribution in [3.63, 3.8) is 0 Å². The quantitative estimate of drug-likeness (QED) is 0.862. The van der Waals surface area contributed by atoms with E-state index < -0.39 is 6.61 Å². The summed E-state index contributed by atoms with van der Waals surface area (Å²) >= 11 is 0. The summed E-state index contributed by atoms with van der Waals surface area (Å²) in [6.45, 7) is 2.54. The number of hydrogen-bond acceptors (Lipinski definition) is 4. The molecule has 0 radical (unpaired) electrons. The molecule has 1 fully saturated rings. The first-order chi connectivity index (χ1) is 13.1. The third kappa shape index (κ3) is 3.07. The Kier molecular flexibility index (Phi) is 4.59. The van der Waals surface area contributed by atoms with Crippen molar-refractivity contribution in [3.05, 3.63) is 64.7 Å². The highest BCUT2D eigenvalue weighted by atomic mass is 16.3. The van der Waals surface area contributed by atoms with E-state index >= 15 is 0 Å². The number of aliphatic hydroxyl groups is 1. The van der Waals surface area contributed by atoms with E-state index in [1.807, 2.05) is 12.1 Å². The topological polar surface area (TPSA) is 76.4 Å². The van der Waals surface area contributed by atoms with Crippen molar-refractivity contribution in [3.8, 4) is 6.07 Å². The summed E-state index contributed by atoms with van der Waals surface area (Å²) in [5.74, 6) is -0.122. The van der Waals surface area contributed by atoms with Crippen LogP contribution in [0.1, 0.15) is 54.0 Å². The third-order valence-electron chi connectivity index (χ3n) is 5.87. The number of piperidine rings is 1. The number of carbonyl (C=O) groups is 1. The molecule has 2 aliphatic heterocycles. The molecule has 1 saturated heterocycles. The second-order valence-electron chi connectivity index (χ2n) is 7.39. The Hall–Kier alpha value is -2.84. The number of amides is 1. The maximum absolute atomic E-state index is 11.7. The van der Waals surface area contributed by atoms with Crippen LogP contribution in [0, 0.1) is 11.3 Å². The number of anilines is 1. The van der Waals surface area contributed by atoms with Gasteiger partial charge in [0, 0.05) is 24.2 Å². The van der Waals surface area contributed by atoms with E-state index in [0.717, 1.165) is 19.4 Å². The van der Waals surface area contributed by atoms with Crippen LogP contribution in [-0.2, 0) is 4.79 Å². The summed E-state index contributed by atoms with van der Waals surface area (Å²) in [6, 6.07) is 16.9. The molecule has 0 saturated carbocycles. The summed E-state index contributed by atoms with van der Waals surface area (Å²) in [5.41, 5.74) is 5.59. The standard InChI is InChI=1S/C22H23N3O2/c1-14-17-4-2-3-5-18(17)21-11-16(24-22(27)13-26)8-9-25(21)20-7-6-15(12-23)10-19(14)20/h2-7,10,14,16,21,26H,8-9,11,13H2,1H3,(H,24,27)/t14-,16-,21-/m1/s1. The van der Waals surface area contributed by atoms with Crippen molar-refractivity contribution in [2.45, 2.75) is 37.8 Å². The molecule has 2 heterocycles. The molecule has 1 amide bonds. The Morgan fingerprint density at radius 2 is 2.04 bits per heavy atom. The van der Waals surface area contributed by atoms with Gasteiger partial charge in [-0.05, 0) is 47.7 Å². The molecule has 0 spiro atoms. The van der Waals surface area contributed by atoms with Gasteiger partial charge in [0.1, 0.15) is 6.61 Å². The minimum Gasteiger partial charge on any atom is -0.387 e. The molecule has 0 aromatic heterocycles. The minimum atomic E-state index is -0.474. The zero-order valence-electron chi connectivity index (χ0n) is 15.4. The zero-order chi connectivity index (χ0) is 19.0. The number of aliphatic hydroxyl groups excluding tert-OH is 1. The van der Waals surface area contributed by atoms with Crippen LogP contribution in [0.25, 0.3) is 0 Å². The minimum absolute atomic E-state index is 0.0502. The van der Waals surface area contributed by atoms with Crippen molar-refractivity contribution >= 4 is 11.6 Å². The molecule has 2 aliphatic rings. The molecule has 2 aromatic rings. The van der Waals surface area contributed by atoms with Gasteiger partial charge in [-0.2, -0.15) is 5.26 Å². The fraction of sp³-hybridized carbons (Fsp3) is 0.364. The first kappa shape index (κ1) is 17.6. The average molecular weight is 361 g/mol. The van der Waals surface area contributed by atoms with Gasteiger partial charge in [0.25, 0.3) is 0 Å². The van der Waals surface area contributed by atoms with Crippen LogP contribution in [0.5, 0.6) is 0 Å². The van der Waals surface area contributed by atoms with E-state index in [4.69, 9.17) is 5.11 Å². The lowest BCUT2D eigenvalue weighted by Crippen LogP contribution is -2.47. The zero-order valence-corrected chi connectivity index (χ0v) is 15.4. The number of nitriles is 1. The van der Waals surface area contributed by atoms with Crippen LogP contribution in [0.4, 0.5) is 5.69 Å². The Morgan fingerprint density at radius 3 is 2.78 bits per heavy atom. The van der Waals surface area contributed by atoms with Gasteiger partial charge < -0.3 is 15.3 Å². The molecular formula is C22H23N3O2. The molecule has 0 bridgehead atoms. The molecule has 5 nitrogen and oxygen atoms in total. The van der Waals surface area contributed by atoms with Crippen LogP contribution in [0.3, 0.4) is 0 Å². The SMILES string of the molecule is C[C@@H]1c2ccccc2[C@H]2C[C@H](NC(=O)CO)CCN2c2ccc(C#N)cc21. The Bertz CT molecular complexity index is 918. The molecular weight excluding hydrogens is 338 g/mol. The van der Waals surface area contributed by atoms with Crippen molar-refractivity contribution in [2.24, 2.45) is 0 Å². The van der Waals surface area contributed by atoms with E-state index in [-0.39, 0.29) is 23.9 Å². The van der Waals surface area contributed by atoms with Gasteiger partial charge in [0.05, 0.1) is 17.7 Å². The van der Waals surface area contributed by atoms with Gasteiger partial charge in [-0.1, -0.05) is 31.2 Å². The third-order valence-corrected chi connectivity index (χ3v) is 5.87. The summed E-state index contributed by atoms with van der Waals surface area (Å²) < 4.78 is 0. The molecule has 2 N–H and O–H groups in total. The van der Waals surface area contributed by atoms with Crippen LogP contribution in [-0.4, -0.2) is 30.2 Å². The van der Waals surface area contributed by atoms with Gasteiger partial charge >= 0.3 is 0 Å². The van der Waals surface area contributed by atoms with E-state index in [1.54, 1.807) is 0 Å². The lowest BCUT2D eigenvalue weighted by Gasteiger charge is -2.41. The van der Waals surface area contributed by atoms with E-state index in [0.29, 0.717) is 5.56 Å². The van der Waals surface area contributed by atoms with Crippen LogP contribution in [0.2, 0.25) is 0 Å². The molecule has 27 heavy (non-hydrogen) atoms. The first-order valence-corrected chi connectivity index (χ1v) is 9.42. The summed E-state index contributed by atoms with van der Waals surface area (Å²) in [5, 5.41) is 21.4. The lowest BCUT2D eigenvalue weighted by atomic mass is 9.86. The van der Waals surface area contributed by atoms with Crippen molar-refractivity contribution in [1.82, 2.24) is 5.32 Å². The van der Waals surface area contributed by atoms with Crippen molar-refractivity contribution in [1.29, 1.82) is 5.26 Å². The van der Waals surface area contributed by atoms with E-state index in [1.165, 1.54) is 22.4 Å². The number of nitrogens with zero attached hydrogens (tertiary/aromatic N) is 2. The summed E-state index contributed by atoms with van der Waals surface area (Å²) in [4.78, 5) is 14.1. The van der Waals surface area contributed by atoms with Crippen LogP contribution >= 0.6 is 0 Å². The van der Waals surface area contributed by atoms with E-state index in [2.05, 4.69) is 53.5 Å². The first-order valence-electron chi connectivity index (χ1n) is 9.42. The predicted octanol–water partition coefficient (Wildman–Crippen LogP) is 2.84. The average Bonchev–Trinajstić information content (AvgIpc) is 2.81. The fourth-order valence-electron chi connectivity index (χ4n) is 4.56. The summed E-state index contributed by atoms with van der Waals surface area (Å²) in [7, 11) is 0. The Labute approximate surface area is 159 Å². The Morgan fingerprint density at radius 1 is 1.26 bits per heavy atom. The fourth-order valence-corrected chi connectivity index (χ4v) is 4.56. The maximum atomic E-state index is 11.7. The van der Waals surface area contributed by atoms with E-state index in [9.17, 15) is 10.1 Å². The van der Waals surface area contributed by atoms with Gasteiger partial charge in [-0.15, -0.1) is 0 Å². The second kappa shape index (κ2) is 7.05. The predicted molar refractivity (Wildman–Crippen MR) is 103 cm³/mol. The molecule has 0 unspecified atom stereocenters. The van der Waals surface area contributed by atoms with Crippen LogP contribution in [0.15, 0.2) is 42.5 Å². The molecule has 5 heteroatoms. The smallest absolute Gasteiger partial charge is 0.245 e. The number of benzene rings is 2. The summed E-state index contributed by atoms with van der Waals surface area (Å²) in [6.07, 6.45) is 1.63. The normalized spacial score (nSPS) is 23.3. The van der Waals surface area contributed by atoms with Crippen molar-refractivity contribution < 1.29 is 9.90 Å². The maximum Gasteiger partial charge on any atom is 0.245 e. The molecule has 138 valence electrons. The molecule has 4 rings (SSSR count). The largest absolute Gasteiger partial charge is 0.387 e. The molecule has 2 aromatic carbocycles. The van der Waals surface area contributed by atoms with Crippen LogP contribution < -0.4 is 10.2 Å². The van der Waals surface area contributed by atoms with Gasteiger partial charge in [-0.25, -0.2) is 0 Å². The van der Waals surface area contributed by atoms with Gasteiger partial charge in [0.15, 0.2) is 0 Å². The molecule has 3 atom stereocenters.